The minimum absolute atomic E-state index is 0.00527. The smallest absolute Gasteiger partial charge is 0.307 e. The first-order valence-electron chi connectivity index (χ1n) is 9.81. The molecule has 1 aromatic heterocycles. The van der Waals surface area contributed by atoms with E-state index in [1.54, 1.807) is 13.8 Å². The first-order valence-corrected chi connectivity index (χ1v) is 11.3. The molecule has 2 aliphatic rings. The van der Waals surface area contributed by atoms with Crippen LogP contribution >= 0.6 is 0 Å². The average molecular weight is 442 g/mol. The van der Waals surface area contributed by atoms with Gasteiger partial charge in [0.05, 0.1) is 16.7 Å². The van der Waals surface area contributed by atoms with Gasteiger partial charge in [0.1, 0.15) is 11.6 Å². The number of nitrogens with zero attached hydrogens (tertiary/aromatic N) is 2. The van der Waals surface area contributed by atoms with Crippen LogP contribution in [0.25, 0.3) is 0 Å². The second-order valence-electron chi connectivity index (χ2n) is 7.90. The number of fused-ring (bicyclic) bond motifs is 2. The maximum atomic E-state index is 12.8. The summed E-state index contributed by atoms with van der Waals surface area (Å²) in [6, 6.07) is 7.22. The Balaban J connectivity index is 1.47. The first kappa shape index (κ1) is 21.0. The molecule has 1 amide bonds. The van der Waals surface area contributed by atoms with E-state index in [-0.39, 0.29) is 28.5 Å². The van der Waals surface area contributed by atoms with Crippen LogP contribution in [0.1, 0.15) is 17.9 Å². The number of carboxylic acids is 1. The number of carboxylic acid groups (broad SMARTS) is 1. The predicted octanol–water partition coefficient (Wildman–Crippen LogP) is 2.36. The lowest BCUT2D eigenvalue weighted by Crippen LogP contribution is -2.36. The number of carbonyl (C=O) groups is 2. The maximum absolute atomic E-state index is 12.8. The Labute approximate surface area is 179 Å². The molecule has 1 heterocycles. The van der Waals surface area contributed by atoms with Gasteiger partial charge in [0.2, 0.25) is 5.91 Å². The highest BCUT2D eigenvalue weighted by Crippen LogP contribution is 2.48. The molecule has 2 aliphatic carbocycles. The van der Waals surface area contributed by atoms with Crippen molar-refractivity contribution in [3.63, 3.8) is 0 Å². The molecule has 0 spiro atoms. The van der Waals surface area contributed by atoms with E-state index in [9.17, 15) is 23.1 Å². The minimum Gasteiger partial charge on any atom is -0.481 e. The molecule has 1 saturated carbocycles. The highest BCUT2D eigenvalue weighted by atomic mass is 32.2. The predicted molar refractivity (Wildman–Crippen MR) is 113 cm³/mol. The Morgan fingerprint density at radius 1 is 1.03 bits per heavy atom. The molecule has 10 heteroatoms. The summed E-state index contributed by atoms with van der Waals surface area (Å²) in [7, 11) is -3.87. The van der Waals surface area contributed by atoms with Crippen LogP contribution in [-0.4, -0.2) is 35.4 Å². The van der Waals surface area contributed by atoms with Gasteiger partial charge in [-0.1, -0.05) is 12.2 Å². The van der Waals surface area contributed by atoms with Crippen LogP contribution in [-0.2, 0) is 19.6 Å². The quantitative estimate of drug-likeness (QED) is 0.584. The summed E-state index contributed by atoms with van der Waals surface area (Å²) in [6.45, 7) is 3.41. The molecule has 0 saturated heterocycles. The van der Waals surface area contributed by atoms with Gasteiger partial charge in [0.15, 0.2) is 0 Å². The summed E-state index contributed by atoms with van der Waals surface area (Å²) >= 11 is 0. The van der Waals surface area contributed by atoms with Gasteiger partial charge in [0.25, 0.3) is 10.0 Å². The standard InChI is InChI=1S/C21H22N4O5S/c1-11-9-17(23-12(2)22-11)25-31(29,30)16-7-5-15(6-8-16)24-20(26)18-13-3-4-14(10-13)19(18)21(27)28/h3-9,13-14,18-19H,10H2,1-2H3,(H,24,26)(H,27,28)(H,22,23,25). The number of carbonyl (C=O) groups excluding carboxylic acids is 1. The maximum Gasteiger partial charge on any atom is 0.307 e. The monoisotopic (exact) mass is 442 g/mol. The first-order chi connectivity index (χ1) is 14.6. The van der Waals surface area contributed by atoms with Crippen molar-refractivity contribution in [2.75, 3.05) is 10.0 Å². The summed E-state index contributed by atoms with van der Waals surface area (Å²) in [5.41, 5.74) is 1.03. The molecule has 3 N–H and O–H groups in total. The number of aliphatic carboxylic acids is 1. The summed E-state index contributed by atoms with van der Waals surface area (Å²) in [5.74, 6) is -2.30. The van der Waals surface area contributed by atoms with Crippen molar-refractivity contribution in [3.05, 3.63) is 54.0 Å². The van der Waals surface area contributed by atoms with Crippen LogP contribution in [0.15, 0.2) is 47.4 Å². The number of hydrogen-bond donors (Lipinski definition) is 3. The van der Waals surface area contributed by atoms with E-state index >= 15 is 0 Å². The molecular weight excluding hydrogens is 420 g/mol. The molecule has 0 aliphatic heterocycles. The number of hydrogen-bond acceptors (Lipinski definition) is 6. The van der Waals surface area contributed by atoms with Gasteiger partial charge in [-0.15, -0.1) is 0 Å². The SMILES string of the molecule is Cc1cc(NS(=O)(=O)c2ccc(NC(=O)C3C4C=CC(C4)C3C(=O)O)cc2)nc(C)n1. The van der Waals surface area contributed by atoms with Crippen LogP contribution in [0.4, 0.5) is 11.5 Å². The van der Waals surface area contributed by atoms with Gasteiger partial charge in [-0.3, -0.25) is 14.3 Å². The number of anilines is 2. The second-order valence-corrected chi connectivity index (χ2v) is 9.58. The van der Waals surface area contributed by atoms with Gasteiger partial charge >= 0.3 is 5.97 Å². The number of rotatable bonds is 6. The van der Waals surface area contributed by atoms with Gasteiger partial charge in [-0.2, -0.15) is 0 Å². The fourth-order valence-electron chi connectivity index (χ4n) is 4.43. The van der Waals surface area contributed by atoms with Crippen molar-refractivity contribution in [2.24, 2.45) is 23.7 Å². The molecule has 0 radical (unpaired) electrons. The van der Waals surface area contributed by atoms with E-state index in [1.807, 2.05) is 12.2 Å². The minimum atomic E-state index is -3.87. The summed E-state index contributed by atoms with van der Waals surface area (Å²) in [4.78, 5) is 32.6. The van der Waals surface area contributed by atoms with Crippen molar-refractivity contribution in [1.29, 1.82) is 0 Å². The summed E-state index contributed by atoms with van der Waals surface area (Å²) < 4.78 is 27.7. The van der Waals surface area contributed by atoms with E-state index in [1.165, 1.54) is 30.3 Å². The highest BCUT2D eigenvalue weighted by Gasteiger charge is 2.51. The second kappa shape index (κ2) is 7.77. The molecule has 9 nitrogen and oxygen atoms in total. The molecular formula is C21H22N4O5S. The third kappa shape index (κ3) is 4.15. The third-order valence-corrected chi connectivity index (χ3v) is 7.05. The third-order valence-electron chi connectivity index (χ3n) is 5.68. The topological polar surface area (TPSA) is 138 Å². The van der Waals surface area contributed by atoms with Gasteiger partial charge in [-0.05, 0) is 56.4 Å². The number of nitrogens with one attached hydrogen (secondary N) is 2. The fraction of sp³-hybridized carbons (Fsp3) is 0.333. The molecule has 4 unspecified atom stereocenters. The zero-order valence-electron chi connectivity index (χ0n) is 16.9. The van der Waals surface area contributed by atoms with Crippen LogP contribution < -0.4 is 10.0 Å². The van der Waals surface area contributed by atoms with Crippen LogP contribution in [0, 0.1) is 37.5 Å². The number of aryl methyl sites for hydroxylation is 2. The van der Waals surface area contributed by atoms with Gasteiger partial charge in [-0.25, -0.2) is 18.4 Å². The van der Waals surface area contributed by atoms with E-state index in [2.05, 4.69) is 20.0 Å². The lowest BCUT2D eigenvalue weighted by molar-refractivity contribution is -0.146. The number of benzene rings is 1. The largest absolute Gasteiger partial charge is 0.481 e. The van der Waals surface area contributed by atoms with E-state index in [0.717, 1.165) is 0 Å². The Bertz CT molecular complexity index is 1160. The molecule has 2 aromatic rings. The lowest BCUT2D eigenvalue weighted by atomic mass is 9.82. The summed E-state index contributed by atoms with van der Waals surface area (Å²) in [5, 5.41) is 12.2. The highest BCUT2D eigenvalue weighted by molar-refractivity contribution is 7.92. The molecule has 4 rings (SSSR count). The Morgan fingerprint density at radius 2 is 1.68 bits per heavy atom. The van der Waals surface area contributed by atoms with Crippen molar-refractivity contribution in [1.82, 2.24) is 9.97 Å². The van der Waals surface area contributed by atoms with Gasteiger partial charge < -0.3 is 10.4 Å². The average Bonchev–Trinajstić information content (AvgIpc) is 3.28. The van der Waals surface area contributed by atoms with Crippen LogP contribution in [0.5, 0.6) is 0 Å². The molecule has 2 bridgehead atoms. The van der Waals surface area contributed by atoms with Crippen molar-refractivity contribution < 1.29 is 23.1 Å². The van der Waals surface area contributed by atoms with Crippen molar-refractivity contribution >= 4 is 33.4 Å². The zero-order chi connectivity index (χ0) is 22.3. The van der Waals surface area contributed by atoms with E-state index in [4.69, 9.17) is 0 Å². The molecule has 4 atom stereocenters. The Kier molecular flexibility index (Phi) is 5.26. The number of allylic oxidation sites excluding steroid dienone is 2. The normalized spacial score (nSPS) is 24.2. The molecule has 31 heavy (non-hydrogen) atoms. The number of amides is 1. The van der Waals surface area contributed by atoms with Crippen molar-refractivity contribution in [2.45, 2.75) is 25.2 Å². The van der Waals surface area contributed by atoms with Crippen LogP contribution in [0.2, 0.25) is 0 Å². The van der Waals surface area contributed by atoms with Crippen LogP contribution in [0.3, 0.4) is 0 Å². The van der Waals surface area contributed by atoms with E-state index in [0.29, 0.717) is 23.6 Å². The molecule has 1 fully saturated rings. The Hall–Kier alpha value is -3.27. The van der Waals surface area contributed by atoms with Gasteiger partial charge in [0, 0.05) is 17.4 Å². The Morgan fingerprint density at radius 3 is 2.29 bits per heavy atom. The zero-order valence-corrected chi connectivity index (χ0v) is 17.8. The molecule has 162 valence electrons. The van der Waals surface area contributed by atoms with E-state index < -0.39 is 27.8 Å². The lowest BCUT2D eigenvalue weighted by Gasteiger charge is -2.23. The number of aromatic nitrogens is 2. The van der Waals surface area contributed by atoms with Crippen molar-refractivity contribution in [3.8, 4) is 0 Å². The molecule has 1 aromatic carbocycles. The summed E-state index contributed by atoms with van der Waals surface area (Å²) in [6.07, 6.45) is 4.45. The number of sulfonamides is 1. The fourth-order valence-corrected chi connectivity index (χ4v) is 5.42.